The molecule has 0 atom stereocenters. The van der Waals surface area contributed by atoms with Gasteiger partial charge in [0.1, 0.15) is 0 Å². The van der Waals surface area contributed by atoms with Crippen molar-refractivity contribution in [1.82, 2.24) is 14.9 Å². The largest absolute Gasteiger partial charge is 0.361 e. The van der Waals surface area contributed by atoms with Crippen molar-refractivity contribution >= 4 is 17.3 Å². The summed E-state index contributed by atoms with van der Waals surface area (Å²) in [6, 6.07) is 4.38. The van der Waals surface area contributed by atoms with E-state index in [1.165, 1.54) is 11.3 Å². The van der Waals surface area contributed by atoms with E-state index in [0.29, 0.717) is 24.8 Å². The zero-order valence-electron chi connectivity index (χ0n) is 13.1. The normalized spacial score (nSPS) is 18.5. The Morgan fingerprint density at radius 1 is 1.29 bits per heavy atom. The second-order valence-corrected chi connectivity index (χ2v) is 6.17. The fourth-order valence-electron chi connectivity index (χ4n) is 3.14. The average molecular weight is 286 g/mol. The Hall–Kier alpha value is -1.88. The summed E-state index contributed by atoms with van der Waals surface area (Å²) >= 11 is 0. The zero-order chi connectivity index (χ0) is 15.1. The van der Waals surface area contributed by atoms with Crippen LogP contribution in [0.25, 0.3) is 5.70 Å². The van der Waals surface area contributed by atoms with Crippen LogP contribution in [0.1, 0.15) is 25.8 Å². The van der Waals surface area contributed by atoms with E-state index in [2.05, 4.69) is 34.8 Å². The average Bonchev–Trinajstić information content (AvgIpc) is 2.44. The monoisotopic (exact) mass is 286 g/mol. The molecule has 5 heteroatoms. The highest BCUT2D eigenvalue weighted by atomic mass is 16.1. The summed E-state index contributed by atoms with van der Waals surface area (Å²) < 4.78 is 0. The first-order valence-corrected chi connectivity index (χ1v) is 7.39. The third-order valence-corrected chi connectivity index (χ3v) is 4.11. The van der Waals surface area contributed by atoms with E-state index in [9.17, 15) is 4.79 Å². The van der Waals surface area contributed by atoms with Crippen LogP contribution in [0.2, 0.25) is 0 Å². The zero-order valence-corrected chi connectivity index (χ0v) is 13.1. The predicted octanol–water partition coefficient (Wildman–Crippen LogP) is 1.77. The Labute approximate surface area is 125 Å². The number of hydrazine groups is 1. The molecule has 0 bridgehead atoms. The number of aromatic nitrogens is 1. The minimum Gasteiger partial charge on any atom is -0.361 e. The van der Waals surface area contributed by atoms with Crippen LogP contribution in [0.3, 0.4) is 0 Å². The molecule has 0 N–H and O–H groups in total. The molecule has 1 aromatic rings. The van der Waals surface area contributed by atoms with Gasteiger partial charge in [-0.3, -0.25) is 9.80 Å². The number of hydrogen-bond acceptors (Lipinski definition) is 5. The molecular formula is C16H22N4O. The van der Waals surface area contributed by atoms with Gasteiger partial charge in [0.15, 0.2) is 11.6 Å². The van der Waals surface area contributed by atoms with Gasteiger partial charge in [-0.15, -0.1) is 0 Å². The molecule has 1 aromatic heterocycles. The van der Waals surface area contributed by atoms with E-state index in [4.69, 9.17) is 0 Å². The van der Waals surface area contributed by atoms with Gasteiger partial charge < -0.3 is 4.90 Å². The number of pyridine rings is 1. The molecule has 5 nitrogen and oxygen atoms in total. The van der Waals surface area contributed by atoms with Crippen molar-refractivity contribution in [3.05, 3.63) is 29.5 Å². The first-order chi connectivity index (χ1) is 9.99. The van der Waals surface area contributed by atoms with Gasteiger partial charge in [0.2, 0.25) is 0 Å². The molecule has 2 aliphatic rings. The molecule has 0 saturated carbocycles. The van der Waals surface area contributed by atoms with Crippen LogP contribution in [0.5, 0.6) is 0 Å². The lowest BCUT2D eigenvalue weighted by Crippen LogP contribution is -2.47. The molecule has 0 radical (unpaired) electrons. The predicted molar refractivity (Wildman–Crippen MR) is 83.7 cm³/mol. The molecule has 112 valence electrons. The molecular weight excluding hydrogens is 264 g/mol. The summed E-state index contributed by atoms with van der Waals surface area (Å²) in [6.45, 7) is 5.52. The van der Waals surface area contributed by atoms with E-state index >= 15 is 0 Å². The summed E-state index contributed by atoms with van der Waals surface area (Å²) in [6.07, 6.45) is 2.38. The first-order valence-electron chi connectivity index (χ1n) is 7.39. The highest BCUT2D eigenvalue weighted by Gasteiger charge is 2.35. The van der Waals surface area contributed by atoms with Gasteiger partial charge in [0, 0.05) is 44.0 Å². The Bertz CT molecular complexity index is 606. The topological polar surface area (TPSA) is 39.7 Å². The molecule has 3 rings (SSSR count). The van der Waals surface area contributed by atoms with E-state index in [-0.39, 0.29) is 0 Å². The molecule has 0 saturated heterocycles. The number of fused-ring (bicyclic) bond motifs is 2. The van der Waals surface area contributed by atoms with Crippen molar-refractivity contribution in [3.63, 3.8) is 0 Å². The van der Waals surface area contributed by atoms with E-state index in [0.717, 1.165) is 17.9 Å². The molecule has 0 aromatic carbocycles. The number of Topliss-reactive ketones (excluding diaryl/α,β-unsaturated/α-hetero) is 1. The molecule has 2 aliphatic heterocycles. The van der Waals surface area contributed by atoms with Crippen LogP contribution < -0.4 is 5.01 Å². The Kier molecular flexibility index (Phi) is 3.45. The first kappa shape index (κ1) is 14.1. The third-order valence-electron chi connectivity index (χ3n) is 4.11. The lowest BCUT2D eigenvalue weighted by Gasteiger charge is -2.43. The van der Waals surface area contributed by atoms with Crippen molar-refractivity contribution in [2.75, 3.05) is 32.2 Å². The van der Waals surface area contributed by atoms with Crippen molar-refractivity contribution in [3.8, 4) is 0 Å². The minimum absolute atomic E-state index is 0.300. The minimum atomic E-state index is 0.300. The van der Waals surface area contributed by atoms with Gasteiger partial charge in [-0.25, -0.2) is 9.99 Å². The number of rotatable bonds is 2. The van der Waals surface area contributed by atoms with Crippen LogP contribution in [0.15, 0.2) is 23.9 Å². The Morgan fingerprint density at radius 2 is 2.05 bits per heavy atom. The molecule has 21 heavy (non-hydrogen) atoms. The number of anilines is 1. The van der Waals surface area contributed by atoms with Gasteiger partial charge in [0.05, 0.1) is 13.1 Å². The molecule has 0 fully saturated rings. The van der Waals surface area contributed by atoms with Gasteiger partial charge >= 0.3 is 0 Å². The van der Waals surface area contributed by atoms with Crippen molar-refractivity contribution in [1.29, 1.82) is 0 Å². The maximum Gasteiger partial charge on any atom is 0.156 e. The standard InChI is InChI=1S/C16H22N4O/c1-11(2)19-10-13(21)8-12-9-20(18(3)4)16-14(15(12)19)6-5-7-17-16/h5-7,11H,8-10H2,1-4H3. The maximum atomic E-state index is 12.1. The smallest absolute Gasteiger partial charge is 0.156 e. The lowest BCUT2D eigenvalue weighted by atomic mass is 9.92. The van der Waals surface area contributed by atoms with Crippen LogP contribution in [0, 0.1) is 0 Å². The quantitative estimate of drug-likeness (QED) is 0.828. The number of nitrogens with zero attached hydrogens (tertiary/aromatic N) is 4. The number of carbonyl (C=O) groups excluding carboxylic acids is 1. The molecule has 0 spiro atoms. The van der Waals surface area contributed by atoms with Crippen LogP contribution in [0.4, 0.5) is 5.82 Å². The molecule has 0 unspecified atom stereocenters. The molecule has 3 heterocycles. The van der Waals surface area contributed by atoms with Crippen LogP contribution >= 0.6 is 0 Å². The highest BCUT2D eigenvalue weighted by molar-refractivity contribution is 5.93. The summed E-state index contributed by atoms with van der Waals surface area (Å²) in [5.41, 5.74) is 3.55. The van der Waals surface area contributed by atoms with E-state index < -0.39 is 0 Å². The fourth-order valence-corrected chi connectivity index (χ4v) is 3.14. The lowest BCUT2D eigenvalue weighted by molar-refractivity contribution is -0.119. The van der Waals surface area contributed by atoms with Gasteiger partial charge in [0.25, 0.3) is 0 Å². The van der Waals surface area contributed by atoms with E-state index in [1.54, 1.807) is 0 Å². The fraction of sp³-hybridized carbons (Fsp3) is 0.500. The molecule has 0 aliphatic carbocycles. The van der Waals surface area contributed by atoms with Gasteiger partial charge in [-0.2, -0.15) is 0 Å². The Morgan fingerprint density at radius 3 is 2.71 bits per heavy atom. The summed E-state index contributed by atoms with van der Waals surface area (Å²) in [5.74, 6) is 1.27. The third kappa shape index (κ3) is 2.31. The highest BCUT2D eigenvalue weighted by Crippen LogP contribution is 2.39. The number of ketones is 1. The van der Waals surface area contributed by atoms with E-state index in [1.807, 2.05) is 31.4 Å². The summed E-state index contributed by atoms with van der Waals surface area (Å²) in [4.78, 5) is 18.9. The number of carbonyl (C=O) groups is 1. The van der Waals surface area contributed by atoms with Gasteiger partial charge in [-0.1, -0.05) is 0 Å². The van der Waals surface area contributed by atoms with Crippen molar-refractivity contribution < 1.29 is 4.79 Å². The number of hydrogen-bond donors (Lipinski definition) is 0. The molecule has 0 amide bonds. The summed E-state index contributed by atoms with van der Waals surface area (Å²) in [5, 5.41) is 4.17. The van der Waals surface area contributed by atoms with Crippen molar-refractivity contribution in [2.45, 2.75) is 26.3 Å². The van der Waals surface area contributed by atoms with Crippen LogP contribution in [-0.2, 0) is 4.79 Å². The second kappa shape index (κ2) is 5.15. The van der Waals surface area contributed by atoms with Crippen molar-refractivity contribution in [2.24, 2.45) is 0 Å². The van der Waals surface area contributed by atoms with Gasteiger partial charge in [-0.05, 0) is 31.6 Å². The Balaban J connectivity index is 2.16. The second-order valence-electron chi connectivity index (χ2n) is 6.17. The van der Waals surface area contributed by atoms with Crippen LogP contribution in [-0.4, -0.2) is 53.9 Å². The summed E-state index contributed by atoms with van der Waals surface area (Å²) in [7, 11) is 4.02. The SMILES string of the molecule is CC(C)N1CC(=O)CC2=C1c1cccnc1N(N(C)C)C2. The maximum absolute atomic E-state index is 12.1.